The number of pyridine rings is 1. The van der Waals surface area contributed by atoms with Crippen LogP contribution in [0.5, 0.6) is 0 Å². The maximum Gasteiger partial charge on any atom is 0.281 e. The van der Waals surface area contributed by atoms with Gasteiger partial charge in [-0.3, -0.25) is 0 Å². The molecule has 1 aromatic rings. The van der Waals surface area contributed by atoms with Crippen molar-refractivity contribution in [3.8, 4) is 0 Å². The summed E-state index contributed by atoms with van der Waals surface area (Å²) in [5.74, 6) is 0. The molecule has 0 spiro atoms. The Morgan fingerprint density at radius 3 is 2.64 bits per heavy atom. The molecule has 0 fully saturated rings. The van der Waals surface area contributed by atoms with Crippen molar-refractivity contribution in [2.24, 2.45) is 0 Å². The highest BCUT2D eigenvalue weighted by Gasteiger charge is 2.16. The number of halogens is 4. The monoisotopic (exact) mass is 377 g/mol. The lowest BCUT2D eigenvalue weighted by Gasteiger charge is -2.08. The van der Waals surface area contributed by atoms with Crippen LogP contribution in [0.2, 0.25) is 0 Å². The van der Waals surface area contributed by atoms with E-state index in [2.05, 4.69) is 20.9 Å². The van der Waals surface area contributed by atoms with E-state index >= 15 is 0 Å². The molecule has 0 unspecified atom stereocenters. The molecule has 0 aliphatic heterocycles. The molecule has 0 saturated carbocycles. The topological polar surface area (TPSA) is 33.1 Å². The maximum absolute atomic E-state index is 12.4. The van der Waals surface area contributed by atoms with Crippen molar-refractivity contribution >= 4 is 38.5 Å². The van der Waals surface area contributed by atoms with Gasteiger partial charge in [0.2, 0.25) is 0 Å². The molecule has 1 heterocycles. The standard InChI is InChI=1S/C8H7BrF2INO/c9-2-6-4(3-14)1-5(12)7(13-6)8(10)11/h1,8,14H,2-3H2. The van der Waals surface area contributed by atoms with Crippen molar-refractivity contribution in [2.75, 3.05) is 0 Å². The smallest absolute Gasteiger partial charge is 0.281 e. The van der Waals surface area contributed by atoms with E-state index in [4.69, 9.17) is 5.11 Å². The Morgan fingerprint density at radius 1 is 1.57 bits per heavy atom. The fourth-order valence-corrected chi connectivity index (χ4v) is 2.20. The summed E-state index contributed by atoms with van der Waals surface area (Å²) in [6.07, 6.45) is -2.58. The van der Waals surface area contributed by atoms with Crippen LogP contribution in [-0.2, 0) is 11.9 Å². The van der Waals surface area contributed by atoms with E-state index in [1.54, 1.807) is 22.6 Å². The average Bonchev–Trinajstić information content (AvgIpc) is 2.16. The molecule has 0 amide bonds. The Hall–Kier alpha value is 0.180. The summed E-state index contributed by atoms with van der Waals surface area (Å²) in [7, 11) is 0. The summed E-state index contributed by atoms with van der Waals surface area (Å²) < 4.78 is 25.3. The molecule has 1 aromatic heterocycles. The molecule has 1 N–H and O–H groups in total. The van der Waals surface area contributed by atoms with Gasteiger partial charge >= 0.3 is 0 Å². The number of aliphatic hydroxyl groups is 1. The molecule has 0 atom stereocenters. The van der Waals surface area contributed by atoms with Crippen LogP contribution in [0.4, 0.5) is 8.78 Å². The highest BCUT2D eigenvalue weighted by molar-refractivity contribution is 14.1. The molecule has 78 valence electrons. The average molecular weight is 378 g/mol. The first-order chi connectivity index (χ1) is 6.60. The molecule has 0 radical (unpaired) electrons. The molecular weight excluding hydrogens is 371 g/mol. The number of aromatic nitrogens is 1. The maximum atomic E-state index is 12.4. The number of rotatable bonds is 3. The Labute approximate surface area is 102 Å². The zero-order chi connectivity index (χ0) is 10.7. The highest BCUT2D eigenvalue weighted by atomic mass is 127. The Bertz CT molecular complexity index is 335. The summed E-state index contributed by atoms with van der Waals surface area (Å²) in [5, 5.41) is 9.31. The molecule has 0 bridgehead atoms. The highest BCUT2D eigenvalue weighted by Crippen LogP contribution is 2.25. The SMILES string of the molecule is OCc1cc(I)c(C(F)F)nc1CBr. The van der Waals surface area contributed by atoms with Gasteiger partial charge in [0.1, 0.15) is 5.69 Å². The van der Waals surface area contributed by atoms with E-state index in [0.29, 0.717) is 20.2 Å². The van der Waals surface area contributed by atoms with Gasteiger partial charge < -0.3 is 5.11 Å². The van der Waals surface area contributed by atoms with Gasteiger partial charge in [0, 0.05) is 14.5 Å². The first-order valence-electron chi connectivity index (χ1n) is 3.73. The lowest BCUT2D eigenvalue weighted by atomic mass is 10.2. The third-order valence-corrected chi connectivity index (χ3v) is 3.07. The molecule has 1 rings (SSSR count). The molecule has 0 aromatic carbocycles. The zero-order valence-corrected chi connectivity index (χ0v) is 10.7. The second-order valence-corrected chi connectivity index (χ2v) is 4.28. The summed E-state index contributed by atoms with van der Waals surface area (Å²) in [6.45, 7) is -0.187. The van der Waals surface area contributed by atoms with Crippen LogP contribution >= 0.6 is 38.5 Å². The van der Waals surface area contributed by atoms with Crippen molar-refractivity contribution in [3.05, 3.63) is 26.6 Å². The fourth-order valence-electron chi connectivity index (χ4n) is 0.986. The van der Waals surface area contributed by atoms with Crippen LogP contribution in [0.1, 0.15) is 23.4 Å². The number of aliphatic hydroxyl groups excluding tert-OH is 1. The molecule has 0 aliphatic rings. The minimum absolute atomic E-state index is 0.187. The largest absolute Gasteiger partial charge is 0.392 e. The van der Waals surface area contributed by atoms with Gasteiger partial charge in [-0.1, -0.05) is 15.9 Å². The van der Waals surface area contributed by atoms with Crippen molar-refractivity contribution in [1.29, 1.82) is 0 Å². The predicted molar refractivity (Wildman–Crippen MR) is 60.5 cm³/mol. The molecular formula is C8H7BrF2INO. The molecule has 6 heteroatoms. The van der Waals surface area contributed by atoms with Crippen LogP contribution in [-0.4, -0.2) is 10.1 Å². The number of alkyl halides is 3. The van der Waals surface area contributed by atoms with E-state index < -0.39 is 6.43 Å². The van der Waals surface area contributed by atoms with E-state index in [1.807, 2.05) is 0 Å². The van der Waals surface area contributed by atoms with Crippen LogP contribution in [0.3, 0.4) is 0 Å². The first kappa shape index (κ1) is 12.3. The van der Waals surface area contributed by atoms with E-state index in [1.165, 1.54) is 6.07 Å². The third-order valence-electron chi connectivity index (χ3n) is 1.68. The van der Waals surface area contributed by atoms with Gasteiger partial charge in [-0.15, -0.1) is 0 Å². The summed E-state index contributed by atoms with van der Waals surface area (Å²) in [5.41, 5.74) is 0.816. The zero-order valence-electron chi connectivity index (χ0n) is 6.98. The minimum atomic E-state index is -2.58. The van der Waals surface area contributed by atoms with Gasteiger partial charge in [0.05, 0.1) is 12.3 Å². The Balaban J connectivity index is 3.23. The first-order valence-corrected chi connectivity index (χ1v) is 5.93. The third kappa shape index (κ3) is 2.60. The fraction of sp³-hybridized carbons (Fsp3) is 0.375. The van der Waals surface area contributed by atoms with E-state index in [9.17, 15) is 8.78 Å². The van der Waals surface area contributed by atoms with Gasteiger partial charge in [-0.05, 0) is 28.7 Å². The van der Waals surface area contributed by atoms with Crippen molar-refractivity contribution in [1.82, 2.24) is 4.98 Å². The molecule has 2 nitrogen and oxygen atoms in total. The quantitative estimate of drug-likeness (QED) is 0.648. The second kappa shape index (κ2) is 5.32. The normalized spacial score (nSPS) is 11.0. The van der Waals surface area contributed by atoms with Gasteiger partial charge in [0.25, 0.3) is 6.43 Å². The minimum Gasteiger partial charge on any atom is -0.392 e. The van der Waals surface area contributed by atoms with Gasteiger partial charge in [-0.2, -0.15) is 0 Å². The second-order valence-electron chi connectivity index (χ2n) is 2.55. The number of hydrogen-bond acceptors (Lipinski definition) is 2. The van der Waals surface area contributed by atoms with E-state index in [-0.39, 0.29) is 12.3 Å². The number of hydrogen-bond donors (Lipinski definition) is 1. The molecule has 0 saturated heterocycles. The van der Waals surface area contributed by atoms with Crippen LogP contribution in [0, 0.1) is 3.57 Å². The molecule has 0 aliphatic carbocycles. The Morgan fingerprint density at radius 2 is 2.21 bits per heavy atom. The van der Waals surface area contributed by atoms with E-state index in [0.717, 1.165) is 0 Å². The summed E-state index contributed by atoms with van der Waals surface area (Å²) in [6, 6.07) is 1.53. The summed E-state index contributed by atoms with van der Waals surface area (Å²) in [4.78, 5) is 3.80. The predicted octanol–water partition coefficient (Wildman–Crippen LogP) is 3.01. The van der Waals surface area contributed by atoms with Crippen LogP contribution in [0.25, 0.3) is 0 Å². The van der Waals surface area contributed by atoms with Crippen LogP contribution in [0.15, 0.2) is 6.07 Å². The van der Waals surface area contributed by atoms with Crippen molar-refractivity contribution in [2.45, 2.75) is 18.4 Å². The van der Waals surface area contributed by atoms with Crippen LogP contribution < -0.4 is 0 Å². The Kier molecular flexibility index (Phi) is 4.65. The summed E-state index contributed by atoms with van der Waals surface area (Å²) >= 11 is 4.92. The number of nitrogens with zero attached hydrogens (tertiary/aromatic N) is 1. The molecule has 14 heavy (non-hydrogen) atoms. The van der Waals surface area contributed by atoms with Gasteiger partial charge in [-0.25, -0.2) is 13.8 Å². The lowest BCUT2D eigenvalue weighted by Crippen LogP contribution is -2.03. The van der Waals surface area contributed by atoms with Crippen molar-refractivity contribution < 1.29 is 13.9 Å². The van der Waals surface area contributed by atoms with Crippen molar-refractivity contribution in [3.63, 3.8) is 0 Å². The lowest BCUT2D eigenvalue weighted by molar-refractivity contribution is 0.144. The van der Waals surface area contributed by atoms with Gasteiger partial charge in [0.15, 0.2) is 0 Å².